The van der Waals surface area contributed by atoms with Gasteiger partial charge in [0.2, 0.25) is 11.7 Å². The second-order valence-corrected chi connectivity index (χ2v) is 4.14. The summed E-state index contributed by atoms with van der Waals surface area (Å²) < 4.78 is 10.8. The molecule has 1 aromatic rings. The first-order valence-electron chi connectivity index (χ1n) is 5.62. The summed E-state index contributed by atoms with van der Waals surface area (Å²) in [5, 5.41) is 7.33. The molecular weight excluding hydrogens is 194 g/mol. The van der Waals surface area contributed by atoms with Crippen molar-refractivity contribution < 1.29 is 9.26 Å². The van der Waals surface area contributed by atoms with E-state index in [1.807, 2.05) is 0 Å². The lowest BCUT2D eigenvalue weighted by Gasteiger charge is -2.03. The van der Waals surface area contributed by atoms with Crippen LogP contribution < -0.4 is 5.32 Å². The van der Waals surface area contributed by atoms with Crippen molar-refractivity contribution in [3.63, 3.8) is 0 Å². The number of hydrogen-bond acceptors (Lipinski definition) is 5. The van der Waals surface area contributed by atoms with E-state index in [1.54, 1.807) is 0 Å². The smallest absolute Gasteiger partial charge is 0.243 e. The van der Waals surface area contributed by atoms with E-state index in [0.717, 1.165) is 44.1 Å². The van der Waals surface area contributed by atoms with Gasteiger partial charge in [-0.2, -0.15) is 4.98 Å². The molecule has 82 valence electrons. The predicted molar refractivity (Wildman–Crippen MR) is 52.2 cm³/mol. The van der Waals surface area contributed by atoms with Crippen LogP contribution in [0, 0.1) is 0 Å². The van der Waals surface area contributed by atoms with Gasteiger partial charge in [0.1, 0.15) is 6.10 Å². The molecule has 0 aliphatic carbocycles. The van der Waals surface area contributed by atoms with Crippen molar-refractivity contribution in [2.75, 3.05) is 13.2 Å². The van der Waals surface area contributed by atoms with Gasteiger partial charge < -0.3 is 14.6 Å². The zero-order valence-electron chi connectivity index (χ0n) is 8.61. The number of nitrogens with one attached hydrogen (secondary N) is 1. The van der Waals surface area contributed by atoms with Crippen molar-refractivity contribution in [1.29, 1.82) is 0 Å². The SMILES string of the molecule is C1COC(c2noc([C@@H]3CCCN3)n2)C1. The van der Waals surface area contributed by atoms with Crippen molar-refractivity contribution in [2.24, 2.45) is 0 Å². The Hall–Kier alpha value is -0.940. The highest BCUT2D eigenvalue weighted by Gasteiger charge is 2.27. The molecule has 2 aliphatic heterocycles. The van der Waals surface area contributed by atoms with Gasteiger partial charge >= 0.3 is 0 Å². The van der Waals surface area contributed by atoms with Gasteiger partial charge in [-0.3, -0.25) is 0 Å². The maximum absolute atomic E-state index is 5.51. The molecule has 1 unspecified atom stereocenters. The summed E-state index contributed by atoms with van der Waals surface area (Å²) in [5.41, 5.74) is 0. The largest absolute Gasteiger partial charge is 0.370 e. The van der Waals surface area contributed by atoms with Crippen molar-refractivity contribution in [3.8, 4) is 0 Å². The number of rotatable bonds is 2. The zero-order chi connectivity index (χ0) is 10.1. The summed E-state index contributed by atoms with van der Waals surface area (Å²) in [4.78, 5) is 4.41. The quantitative estimate of drug-likeness (QED) is 0.796. The molecule has 5 heteroatoms. The highest BCUT2D eigenvalue weighted by atomic mass is 16.5. The fourth-order valence-electron chi connectivity index (χ4n) is 2.20. The van der Waals surface area contributed by atoms with E-state index in [-0.39, 0.29) is 12.1 Å². The van der Waals surface area contributed by atoms with E-state index in [2.05, 4.69) is 15.5 Å². The minimum absolute atomic E-state index is 0.0592. The molecule has 0 amide bonds. The molecule has 5 nitrogen and oxygen atoms in total. The van der Waals surface area contributed by atoms with Crippen LogP contribution in [0.3, 0.4) is 0 Å². The Morgan fingerprint density at radius 1 is 1.27 bits per heavy atom. The predicted octanol–water partition coefficient (Wildman–Crippen LogP) is 1.35. The Morgan fingerprint density at radius 3 is 3.00 bits per heavy atom. The van der Waals surface area contributed by atoms with Gasteiger partial charge in [-0.25, -0.2) is 0 Å². The Balaban J connectivity index is 1.74. The minimum atomic E-state index is 0.0592. The first kappa shape index (κ1) is 9.30. The van der Waals surface area contributed by atoms with Crippen LogP contribution in [0.2, 0.25) is 0 Å². The lowest BCUT2D eigenvalue weighted by Crippen LogP contribution is -2.13. The van der Waals surface area contributed by atoms with E-state index in [0.29, 0.717) is 0 Å². The number of aromatic nitrogens is 2. The molecule has 2 aliphatic rings. The molecule has 2 saturated heterocycles. The Bertz CT molecular complexity index is 297. The third kappa shape index (κ3) is 1.77. The van der Waals surface area contributed by atoms with Crippen LogP contribution in [0.5, 0.6) is 0 Å². The third-order valence-corrected chi connectivity index (χ3v) is 3.03. The van der Waals surface area contributed by atoms with E-state index in [9.17, 15) is 0 Å². The van der Waals surface area contributed by atoms with Crippen molar-refractivity contribution >= 4 is 0 Å². The topological polar surface area (TPSA) is 60.2 Å². The van der Waals surface area contributed by atoms with Crippen LogP contribution >= 0.6 is 0 Å². The number of nitrogens with zero attached hydrogens (tertiary/aromatic N) is 2. The molecule has 3 heterocycles. The summed E-state index contributed by atoms with van der Waals surface area (Å²) in [7, 11) is 0. The first-order valence-corrected chi connectivity index (χ1v) is 5.62. The van der Waals surface area contributed by atoms with E-state index < -0.39 is 0 Å². The maximum atomic E-state index is 5.51. The zero-order valence-corrected chi connectivity index (χ0v) is 8.61. The van der Waals surface area contributed by atoms with Gasteiger partial charge in [0.05, 0.1) is 6.04 Å². The Morgan fingerprint density at radius 2 is 2.27 bits per heavy atom. The molecule has 1 N–H and O–H groups in total. The van der Waals surface area contributed by atoms with Crippen molar-refractivity contribution in [2.45, 2.75) is 37.8 Å². The highest BCUT2D eigenvalue weighted by molar-refractivity contribution is 4.98. The molecule has 0 radical (unpaired) electrons. The van der Waals surface area contributed by atoms with Crippen LogP contribution in [0.25, 0.3) is 0 Å². The maximum Gasteiger partial charge on any atom is 0.243 e. The average molecular weight is 209 g/mol. The average Bonchev–Trinajstić information content (AvgIpc) is 3.02. The molecule has 0 spiro atoms. The summed E-state index contributed by atoms with van der Waals surface area (Å²) >= 11 is 0. The summed E-state index contributed by atoms with van der Waals surface area (Å²) in [6, 6.07) is 0.257. The molecule has 2 atom stereocenters. The van der Waals surface area contributed by atoms with Crippen LogP contribution in [0.4, 0.5) is 0 Å². The van der Waals surface area contributed by atoms with Crippen LogP contribution in [0.15, 0.2) is 4.52 Å². The third-order valence-electron chi connectivity index (χ3n) is 3.03. The molecule has 15 heavy (non-hydrogen) atoms. The first-order chi connectivity index (χ1) is 7.43. The van der Waals surface area contributed by atoms with Gasteiger partial charge in [0, 0.05) is 6.61 Å². The lowest BCUT2D eigenvalue weighted by atomic mass is 10.2. The standard InChI is InChI=1S/C10H15N3O2/c1-3-7(11-5-1)10-12-9(13-15-10)8-4-2-6-14-8/h7-8,11H,1-6H2/t7-,8?/m0/s1. The van der Waals surface area contributed by atoms with Gasteiger partial charge in [0.15, 0.2) is 0 Å². The highest BCUT2D eigenvalue weighted by Crippen LogP contribution is 2.28. The van der Waals surface area contributed by atoms with Gasteiger partial charge in [-0.15, -0.1) is 0 Å². The van der Waals surface area contributed by atoms with Crippen LogP contribution in [-0.4, -0.2) is 23.3 Å². The molecule has 0 aromatic carbocycles. The summed E-state index contributed by atoms with van der Waals surface area (Å²) in [6.07, 6.45) is 4.44. The van der Waals surface area contributed by atoms with Crippen molar-refractivity contribution in [3.05, 3.63) is 11.7 Å². The lowest BCUT2D eigenvalue weighted by molar-refractivity contribution is 0.103. The normalized spacial score (nSPS) is 31.2. The van der Waals surface area contributed by atoms with Crippen LogP contribution in [0.1, 0.15) is 49.5 Å². The van der Waals surface area contributed by atoms with Gasteiger partial charge in [-0.05, 0) is 32.2 Å². The van der Waals surface area contributed by atoms with E-state index in [1.165, 1.54) is 6.42 Å². The molecule has 2 fully saturated rings. The molecule has 1 aromatic heterocycles. The van der Waals surface area contributed by atoms with E-state index >= 15 is 0 Å². The van der Waals surface area contributed by atoms with Gasteiger partial charge in [-0.1, -0.05) is 5.16 Å². The monoisotopic (exact) mass is 209 g/mol. The Labute approximate surface area is 88.2 Å². The van der Waals surface area contributed by atoms with Crippen molar-refractivity contribution in [1.82, 2.24) is 15.5 Å². The molecular formula is C10H15N3O2. The second kappa shape index (κ2) is 3.90. The van der Waals surface area contributed by atoms with E-state index in [4.69, 9.17) is 9.26 Å². The number of hydrogen-bond donors (Lipinski definition) is 1. The fourth-order valence-corrected chi connectivity index (χ4v) is 2.20. The summed E-state index contributed by atoms with van der Waals surface area (Å²) in [5.74, 6) is 1.44. The molecule has 0 saturated carbocycles. The van der Waals surface area contributed by atoms with Crippen LogP contribution in [-0.2, 0) is 4.74 Å². The van der Waals surface area contributed by atoms with Gasteiger partial charge in [0.25, 0.3) is 0 Å². The summed E-state index contributed by atoms with van der Waals surface area (Å²) in [6.45, 7) is 1.86. The fraction of sp³-hybridized carbons (Fsp3) is 0.800. The molecule has 0 bridgehead atoms. The Kier molecular flexibility index (Phi) is 2.42. The second-order valence-electron chi connectivity index (χ2n) is 4.14. The molecule has 3 rings (SSSR count). The minimum Gasteiger partial charge on any atom is -0.370 e. The number of ether oxygens (including phenoxy) is 1.